The van der Waals surface area contributed by atoms with Crippen LogP contribution >= 0.6 is 0 Å². The molecule has 0 aliphatic carbocycles. The van der Waals surface area contributed by atoms with Crippen LogP contribution in [0, 0.1) is 0 Å². The summed E-state index contributed by atoms with van der Waals surface area (Å²) in [5.74, 6) is 0. The smallest absolute Gasteiger partial charge is 0.405 e. The first kappa shape index (κ1) is 14.7. The van der Waals surface area contributed by atoms with Gasteiger partial charge in [0.25, 0.3) is 0 Å². The molecule has 0 aliphatic heterocycles. The topological polar surface area (TPSA) is 77.0 Å². The highest BCUT2D eigenvalue weighted by Gasteiger charge is 2.24. The van der Waals surface area contributed by atoms with Gasteiger partial charge in [0.05, 0.1) is 11.4 Å². The molecule has 0 saturated carbocycles. The lowest BCUT2D eigenvalue weighted by molar-refractivity contribution is 0.0433. The first-order valence-corrected chi connectivity index (χ1v) is 6.53. The van der Waals surface area contributed by atoms with Crippen molar-refractivity contribution >= 4 is 17.5 Å². The Kier molecular flexibility index (Phi) is 4.33. The van der Waals surface area contributed by atoms with E-state index in [0.717, 1.165) is 11.3 Å². The van der Waals surface area contributed by atoms with Gasteiger partial charge in [-0.25, -0.2) is 4.79 Å². The lowest BCUT2D eigenvalue weighted by Gasteiger charge is -2.24. The summed E-state index contributed by atoms with van der Waals surface area (Å²) in [5.41, 5.74) is 6.52. The van der Waals surface area contributed by atoms with E-state index < -0.39 is 11.7 Å². The molecule has 2 aromatic carbocycles. The lowest BCUT2D eigenvalue weighted by atomic mass is 9.98. The Morgan fingerprint density at radius 2 is 1.62 bits per heavy atom. The number of carbonyl (C=O) groups excluding carboxylic acids is 1. The number of benzene rings is 2. The average molecular weight is 283 g/mol. The summed E-state index contributed by atoms with van der Waals surface area (Å²) in [6.07, 6.45) is -0.809. The molecular formula is C16H17N3O2. The number of primary amides is 1. The minimum absolute atomic E-state index is 0.678. The Hall–Kier alpha value is -2.69. The van der Waals surface area contributed by atoms with E-state index >= 15 is 0 Å². The first-order chi connectivity index (χ1) is 9.97. The number of azo groups is 1. The zero-order valence-electron chi connectivity index (χ0n) is 12.0. The minimum atomic E-state index is -0.815. The Morgan fingerprint density at radius 3 is 2.29 bits per heavy atom. The standard InChI is InChI=1S/C16H17N3O2/c1-16(2,21-15(17)20)12-7-6-10-14(11-12)19-18-13-8-4-3-5-9-13/h3-11H,1-2H3,(H2,17,20). The SMILES string of the molecule is CC(C)(OC(N)=O)c1cccc(N=Nc2ccccc2)c1. The van der Waals surface area contributed by atoms with E-state index in [0.29, 0.717) is 5.69 Å². The summed E-state index contributed by atoms with van der Waals surface area (Å²) >= 11 is 0. The average Bonchev–Trinajstić information content (AvgIpc) is 2.45. The first-order valence-electron chi connectivity index (χ1n) is 6.53. The molecule has 21 heavy (non-hydrogen) atoms. The van der Waals surface area contributed by atoms with Gasteiger partial charge in [0.2, 0.25) is 0 Å². The van der Waals surface area contributed by atoms with Gasteiger partial charge < -0.3 is 10.5 Å². The summed E-state index contributed by atoms with van der Waals surface area (Å²) in [5, 5.41) is 8.34. The molecule has 0 bridgehead atoms. The van der Waals surface area contributed by atoms with Crippen molar-refractivity contribution in [3.05, 3.63) is 60.2 Å². The van der Waals surface area contributed by atoms with E-state index in [4.69, 9.17) is 10.5 Å². The van der Waals surface area contributed by atoms with Crippen LogP contribution in [-0.2, 0) is 10.3 Å². The van der Waals surface area contributed by atoms with Gasteiger partial charge >= 0.3 is 6.09 Å². The number of hydrogen-bond acceptors (Lipinski definition) is 4. The Labute approximate surface area is 123 Å². The normalized spacial score (nSPS) is 11.5. The molecular weight excluding hydrogens is 266 g/mol. The molecule has 0 unspecified atom stereocenters. The van der Waals surface area contributed by atoms with E-state index in [1.807, 2.05) is 54.6 Å². The number of hydrogen-bond donors (Lipinski definition) is 1. The third-order valence-corrected chi connectivity index (χ3v) is 2.93. The van der Waals surface area contributed by atoms with E-state index in [1.165, 1.54) is 0 Å². The molecule has 2 aromatic rings. The monoisotopic (exact) mass is 283 g/mol. The molecule has 0 atom stereocenters. The van der Waals surface area contributed by atoms with Crippen molar-refractivity contribution < 1.29 is 9.53 Å². The number of rotatable bonds is 4. The number of nitrogens with zero attached hydrogens (tertiary/aromatic N) is 2. The Balaban J connectivity index is 2.22. The second-order valence-corrected chi connectivity index (χ2v) is 5.02. The fourth-order valence-corrected chi connectivity index (χ4v) is 1.86. The van der Waals surface area contributed by atoms with Crippen LogP contribution in [-0.4, -0.2) is 6.09 Å². The van der Waals surface area contributed by atoms with Gasteiger partial charge in [-0.3, -0.25) is 0 Å². The van der Waals surface area contributed by atoms with Crippen LogP contribution in [0.25, 0.3) is 0 Å². The molecule has 1 amide bonds. The van der Waals surface area contributed by atoms with Crippen LogP contribution in [0.15, 0.2) is 64.8 Å². The molecule has 108 valence electrons. The van der Waals surface area contributed by atoms with Crippen molar-refractivity contribution in [2.24, 2.45) is 16.0 Å². The third kappa shape index (κ3) is 4.14. The fourth-order valence-electron chi connectivity index (χ4n) is 1.86. The highest BCUT2D eigenvalue weighted by molar-refractivity contribution is 5.65. The highest BCUT2D eigenvalue weighted by Crippen LogP contribution is 2.28. The molecule has 0 spiro atoms. The molecule has 5 nitrogen and oxygen atoms in total. The van der Waals surface area contributed by atoms with Gasteiger partial charge in [-0.1, -0.05) is 30.3 Å². The highest BCUT2D eigenvalue weighted by atomic mass is 16.6. The largest absolute Gasteiger partial charge is 0.439 e. The summed E-state index contributed by atoms with van der Waals surface area (Å²) in [6.45, 7) is 3.54. The molecule has 5 heteroatoms. The zero-order valence-corrected chi connectivity index (χ0v) is 12.0. The van der Waals surface area contributed by atoms with E-state index in [-0.39, 0.29) is 0 Å². The summed E-state index contributed by atoms with van der Waals surface area (Å²) in [4.78, 5) is 10.9. The van der Waals surface area contributed by atoms with Crippen LogP contribution in [0.2, 0.25) is 0 Å². The van der Waals surface area contributed by atoms with E-state index in [1.54, 1.807) is 13.8 Å². The quantitative estimate of drug-likeness (QED) is 0.842. The molecule has 0 aliphatic rings. The molecule has 0 aromatic heterocycles. The van der Waals surface area contributed by atoms with E-state index in [2.05, 4.69) is 10.2 Å². The summed E-state index contributed by atoms with van der Waals surface area (Å²) in [6, 6.07) is 16.8. The molecule has 0 heterocycles. The van der Waals surface area contributed by atoms with Gasteiger partial charge in [0.15, 0.2) is 0 Å². The van der Waals surface area contributed by atoms with Crippen LogP contribution in [0.5, 0.6) is 0 Å². The number of carbonyl (C=O) groups is 1. The molecule has 0 radical (unpaired) electrons. The second kappa shape index (κ2) is 6.17. The number of amides is 1. The maximum Gasteiger partial charge on any atom is 0.405 e. The summed E-state index contributed by atoms with van der Waals surface area (Å²) < 4.78 is 5.11. The summed E-state index contributed by atoms with van der Waals surface area (Å²) in [7, 11) is 0. The van der Waals surface area contributed by atoms with Crippen molar-refractivity contribution in [1.29, 1.82) is 0 Å². The van der Waals surface area contributed by atoms with Gasteiger partial charge in [0, 0.05) is 0 Å². The Morgan fingerprint density at radius 1 is 1.00 bits per heavy atom. The van der Waals surface area contributed by atoms with Crippen LogP contribution in [0.3, 0.4) is 0 Å². The van der Waals surface area contributed by atoms with Crippen molar-refractivity contribution in [3.63, 3.8) is 0 Å². The van der Waals surface area contributed by atoms with Crippen molar-refractivity contribution in [2.75, 3.05) is 0 Å². The van der Waals surface area contributed by atoms with Gasteiger partial charge in [0.1, 0.15) is 5.60 Å². The number of nitrogens with two attached hydrogens (primary N) is 1. The van der Waals surface area contributed by atoms with Crippen LogP contribution < -0.4 is 5.73 Å². The minimum Gasteiger partial charge on any atom is -0.439 e. The fraction of sp³-hybridized carbons (Fsp3) is 0.188. The maximum atomic E-state index is 10.9. The van der Waals surface area contributed by atoms with Gasteiger partial charge in [-0.05, 0) is 43.7 Å². The molecule has 0 saturated heterocycles. The van der Waals surface area contributed by atoms with Crippen molar-refractivity contribution in [1.82, 2.24) is 0 Å². The second-order valence-electron chi connectivity index (χ2n) is 5.02. The van der Waals surface area contributed by atoms with Gasteiger partial charge in [-0.2, -0.15) is 10.2 Å². The number of ether oxygens (including phenoxy) is 1. The lowest BCUT2D eigenvalue weighted by Crippen LogP contribution is -2.28. The van der Waals surface area contributed by atoms with Gasteiger partial charge in [-0.15, -0.1) is 0 Å². The van der Waals surface area contributed by atoms with Crippen LogP contribution in [0.1, 0.15) is 19.4 Å². The maximum absolute atomic E-state index is 10.9. The van der Waals surface area contributed by atoms with Crippen LogP contribution in [0.4, 0.5) is 16.2 Å². The predicted molar refractivity (Wildman–Crippen MR) is 80.8 cm³/mol. The van der Waals surface area contributed by atoms with Crippen molar-refractivity contribution in [3.8, 4) is 0 Å². The zero-order chi connectivity index (χ0) is 15.3. The third-order valence-electron chi connectivity index (χ3n) is 2.93. The van der Waals surface area contributed by atoms with Crippen molar-refractivity contribution in [2.45, 2.75) is 19.4 Å². The molecule has 0 fully saturated rings. The Bertz CT molecular complexity index is 652. The molecule has 2 rings (SSSR count). The predicted octanol–water partition coefficient (Wildman–Crippen LogP) is 4.43. The molecule has 2 N–H and O–H groups in total. The van der Waals surface area contributed by atoms with E-state index in [9.17, 15) is 4.79 Å².